The van der Waals surface area contributed by atoms with E-state index in [1.165, 1.54) is 12.1 Å². The maximum absolute atomic E-state index is 13.1. The molecule has 0 spiro atoms. The Bertz CT molecular complexity index is 1120. The minimum Gasteiger partial charge on any atom is -0.322 e. The van der Waals surface area contributed by atoms with Crippen molar-refractivity contribution in [3.05, 3.63) is 83.9 Å². The number of rotatable bonds is 3. The molecule has 7 heteroatoms. The van der Waals surface area contributed by atoms with Gasteiger partial charge in [0.1, 0.15) is 5.01 Å². The maximum atomic E-state index is 13.1. The van der Waals surface area contributed by atoms with Gasteiger partial charge in [-0.25, -0.2) is 4.98 Å². The van der Waals surface area contributed by atoms with Gasteiger partial charge in [-0.15, -0.1) is 11.3 Å². The van der Waals surface area contributed by atoms with E-state index >= 15 is 0 Å². The molecule has 0 saturated heterocycles. The highest BCUT2D eigenvalue weighted by Crippen LogP contribution is 2.33. The molecule has 1 amide bonds. The van der Waals surface area contributed by atoms with Crippen molar-refractivity contribution in [2.45, 2.75) is 6.18 Å². The number of halogens is 3. The van der Waals surface area contributed by atoms with Gasteiger partial charge in [0.2, 0.25) is 0 Å². The number of nitrogens with zero attached hydrogens (tertiary/aromatic N) is 1. The van der Waals surface area contributed by atoms with E-state index in [4.69, 9.17) is 0 Å². The molecule has 0 radical (unpaired) electrons. The lowest BCUT2D eigenvalue weighted by molar-refractivity contribution is -0.137. The molecule has 4 rings (SSSR count). The summed E-state index contributed by atoms with van der Waals surface area (Å²) in [5.41, 5.74) is 0.814. The number of anilines is 1. The molecule has 0 bridgehead atoms. The summed E-state index contributed by atoms with van der Waals surface area (Å²) in [6, 6.07) is 19.4. The zero-order valence-electron chi connectivity index (χ0n) is 14.3. The molecule has 0 saturated carbocycles. The summed E-state index contributed by atoms with van der Waals surface area (Å²) in [5.74, 6) is -0.805. The van der Waals surface area contributed by atoms with Crippen LogP contribution in [0.5, 0.6) is 0 Å². The Labute approximate surface area is 162 Å². The molecule has 0 aliphatic heterocycles. The standard InChI is InChI=1S/C21H13F3N2OS/c22-21(23,24)16-6-2-1-5-15(16)19(27)25-14-11-9-13(10-12-14)20-26-17-7-3-4-8-18(17)28-20/h1-12H,(H,25,27). The van der Waals surface area contributed by atoms with E-state index in [0.29, 0.717) is 5.69 Å². The first-order valence-electron chi connectivity index (χ1n) is 8.35. The van der Waals surface area contributed by atoms with Crippen LogP contribution in [0.15, 0.2) is 72.8 Å². The second-order valence-corrected chi connectivity index (χ2v) is 7.09. The van der Waals surface area contributed by atoms with Crippen LogP contribution in [-0.4, -0.2) is 10.9 Å². The van der Waals surface area contributed by atoms with E-state index in [-0.39, 0.29) is 0 Å². The molecular weight excluding hydrogens is 385 g/mol. The summed E-state index contributed by atoms with van der Waals surface area (Å²) in [4.78, 5) is 16.9. The van der Waals surface area contributed by atoms with Gasteiger partial charge in [-0.05, 0) is 48.5 Å². The predicted octanol–water partition coefficient (Wildman–Crippen LogP) is 6.23. The smallest absolute Gasteiger partial charge is 0.322 e. The normalized spacial score (nSPS) is 11.5. The average Bonchev–Trinajstić information content (AvgIpc) is 3.12. The highest BCUT2D eigenvalue weighted by molar-refractivity contribution is 7.21. The molecule has 1 aromatic heterocycles. The lowest BCUT2D eigenvalue weighted by atomic mass is 10.1. The summed E-state index contributed by atoms with van der Waals surface area (Å²) in [6.45, 7) is 0. The molecule has 1 heterocycles. The molecule has 3 nitrogen and oxygen atoms in total. The predicted molar refractivity (Wildman–Crippen MR) is 104 cm³/mol. The topological polar surface area (TPSA) is 42.0 Å². The number of benzene rings is 3. The molecule has 0 aliphatic carbocycles. The van der Waals surface area contributed by atoms with Crippen LogP contribution in [0.2, 0.25) is 0 Å². The third-order valence-corrected chi connectivity index (χ3v) is 5.25. The van der Waals surface area contributed by atoms with Crippen LogP contribution in [0.1, 0.15) is 15.9 Å². The van der Waals surface area contributed by atoms with Crippen LogP contribution >= 0.6 is 11.3 Å². The van der Waals surface area contributed by atoms with Gasteiger partial charge in [0, 0.05) is 11.3 Å². The number of thiazole rings is 1. The number of hydrogen-bond acceptors (Lipinski definition) is 3. The molecule has 140 valence electrons. The zero-order valence-corrected chi connectivity index (χ0v) is 15.1. The molecule has 0 aliphatic rings. The number of amides is 1. The highest BCUT2D eigenvalue weighted by Gasteiger charge is 2.34. The van der Waals surface area contributed by atoms with E-state index in [1.807, 2.05) is 24.3 Å². The summed E-state index contributed by atoms with van der Waals surface area (Å²) >= 11 is 1.55. The summed E-state index contributed by atoms with van der Waals surface area (Å²) in [7, 11) is 0. The number of aromatic nitrogens is 1. The molecule has 0 fully saturated rings. The number of hydrogen-bond donors (Lipinski definition) is 1. The van der Waals surface area contributed by atoms with Gasteiger partial charge >= 0.3 is 6.18 Å². The van der Waals surface area contributed by atoms with Gasteiger partial charge in [0.05, 0.1) is 21.3 Å². The zero-order chi connectivity index (χ0) is 19.7. The fourth-order valence-corrected chi connectivity index (χ4v) is 3.79. The fourth-order valence-electron chi connectivity index (χ4n) is 2.82. The van der Waals surface area contributed by atoms with Crippen LogP contribution in [0.3, 0.4) is 0 Å². The SMILES string of the molecule is O=C(Nc1ccc(-c2nc3ccccc3s2)cc1)c1ccccc1C(F)(F)F. The second kappa shape index (κ2) is 7.09. The van der Waals surface area contributed by atoms with Gasteiger partial charge in [-0.1, -0.05) is 24.3 Å². The van der Waals surface area contributed by atoms with Crippen molar-refractivity contribution in [1.82, 2.24) is 4.98 Å². The van der Waals surface area contributed by atoms with Crippen molar-refractivity contribution in [3.8, 4) is 10.6 Å². The van der Waals surface area contributed by atoms with Crippen LogP contribution in [0.4, 0.5) is 18.9 Å². The van der Waals surface area contributed by atoms with Crippen molar-refractivity contribution in [3.63, 3.8) is 0 Å². The van der Waals surface area contributed by atoms with Gasteiger partial charge in [-0.2, -0.15) is 13.2 Å². The summed E-state index contributed by atoms with van der Waals surface area (Å²) in [6.07, 6.45) is -4.59. The van der Waals surface area contributed by atoms with E-state index < -0.39 is 23.2 Å². The third-order valence-electron chi connectivity index (χ3n) is 4.16. The van der Waals surface area contributed by atoms with Gasteiger partial charge in [-0.3, -0.25) is 4.79 Å². The first kappa shape index (κ1) is 18.2. The highest BCUT2D eigenvalue weighted by atomic mass is 32.1. The van der Waals surface area contributed by atoms with Crippen LogP contribution < -0.4 is 5.32 Å². The number of carbonyl (C=O) groups excluding carboxylic acids is 1. The monoisotopic (exact) mass is 398 g/mol. The number of carbonyl (C=O) groups is 1. The van der Waals surface area contributed by atoms with E-state index in [9.17, 15) is 18.0 Å². The van der Waals surface area contributed by atoms with E-state index in [0.717, 1.165) is 32.9 Å². The first-order chi connectivity index (χ1) is 13.4. The molecule has 0 atom stereocenters. The fraction of sp³-hybridized carbons (Fsp3) is 0.0476. The average molecular weight is 398 g/mol. The van der Waals surface area contributed by atoms with E-state index in [1.54, 1.807) is 35.6 Å². The van der Waals surface area contributed by atoms with Crippen LogP contribution in [0, 0.1) is 0 Å². The number of fused-ring (bicyclic) bond motifs is 1. The van der Waals surface area contributed by atoms with Crippen molar-refractivity contribution in [2.75, 3.05) is 5.32 Å². The Balaban J connectivity index is 1.56. The van der Waals surface area contributed by atoms with Crippen molar-refractivity contribution in [1.29, 1.82) is 0 Å². The Morgan fingerprint density at radius 1 is 0.893 bits per heavy atom. The van der Waals surface area contributed by atoms with Gasteiger partial charge < -0.3 is 5.32 Å². The lowest BCUT2D eigenvalue weighted by Gasteiger charge is -2.12. The molecular formula is C21H13F3N2OS. The van der Waals surface area contributed by atoms with Gasteiger partial charge in [0.15, 0.2) is 0 Å². The summed E-state index contributed by atoms with van der Waals surface area (Å²) in [5, 5.41) is 3.35. The Morgan fingerprint density at radius 3 is 2.29 bits per heavy atom. The number of para-hydroxylation sites is 1. The molecule has 4 aromatic rings. The molecule has 1 N–H and O–H groups in total. The van der Waals surface area contributed by atoms with Crippen LogP contribution in [0.25, 0.3) is 20.8 Å². The molecule has 0 unspecified atom stereocenters. The lowest BCUT2D eigenvalue weighted by Crippen LogP contribution is -2.18. The maximum Gasteiger partial charge on any atom is 0.417 e. The largest absolute Gasteiger partial charge is 0.417 e. The van der Waals surface area contributed by atoms with Crippen molar-refractivity contribution < 1.29 is 18.0 Å². The van der Waals surface area contributed by atoms with Crippen molar-refractivity contribution >= 4 is 33.1 Å². The van der Waals surface area contributed by atoms with Gasteiger partial charge in [0.25, 0.3) is 5.91 Å². The number of nitrogens with one attached hydrogen (secondary N) is 1. The first-order valence-corrected chi connectivity index (χ1v) is 9.17. The quantitative estimate of drug-likeness (QED) is 0.444. The summed E-state index contributed by atoms with van der Waals surface area (Å²) < 4.78 is 40.3. The minimum atomic E-state index is -4.59. The number of alkyl halides is 3. The molecule has 3 aromatic carbocycles. The second-order valence-electron chi connectivity index (χ2n) is 6.06. The van der Waals surface area contributed by atoms with Crippen LogP contribution in [-0.2, 0) is 6.18 Å². The Kier molecular flexibility index (Phi) is 4.60. The Hall–Kier alpha value is -3.19. The molecule has 28 heavy (non-hydrogen) atoms. The van der Waals surface area contributed by atoms with E-state index in [2.05, 4.69) is 10.3 Å². The Morgan fingerprint density at radius 2 is 1.57 bits per heavy atom. The minimum absolute atomic E-state index is 0.409. The van der Waals surface area contributed by atoms with Crippen molar-refractivity contribution in [2.24, 2.45) is 0 Å². The third kappa shape index (κ3) is 3.61.